The maximum absolute atomic E-state index is 12.8. The number of anilines is 1. The molecule has 3 aromatic rings. The number of para-hydroxylation sites is 3. The molecule has 2 aromatic carbocycles. The Hall–Kier alpha value is -3.32. The molecular weight excluding hydrogens is 418 g/mol. The van der Waals surface area contributed by atoms with Gasteiger partial charge in [-0.1, -0.05) is 18.2 Å². The molecule has 1 N–H and O–H groups in total. The summed E-state index contributed by atoms with van der Waals surface area (Å²) in [5.74, 6) is 1.23. The molecule has 0 bridgehead atoms. The number of ether oxygens (including phenoxy) is 1. The predicted molar refractivity (Wildman–Crippen MR) is 131 cm³/mol. The second-order valence-corrected chi connectivity index (χ2v) is 8.40. The van der Waals surface area contributed by atoms with E-state index in [-0.39, 0.29) is 11.3 Å². The fourth-order valence-corrected chi connectivity index (χ4v) is 4.30. The zero-order valence-electron chi connectivity index (χ0n) is 19.5. The van der Waals surface area contributed by atoms with Crippen LogP contribution in [0.5, 0.6) is 5.75 Å². The lowest BCUT2D eigenvalue weighted by Crippen LogP contribution is -2.47. The molecule has 1 amide bonds. The molecule has 174 valence electrons. The van der Waals surface area contributed by atoms with Crippen molar-refractivity contribution in [2.75, 3.05) is 51.3 Å². The van der Waals surface area contributed by atoms with Gasteiger partial charge in [-0.15, -0.1) is 0 Å². The third-order valence-corrected chi connectivity index (χ3v) is 6.36. The van der Waals surface area contributed by atoms with E-state index < -0.39 is 0 Å². The number of hydrogen-bond acceptors (Lipinski definition) is 6. The smallest absolute Gasteiger partial charge is 0.255 e. The van der Waals surface area contributed by atoms with Crippen LogP contribution in [0, 0.1) is 13.8 Å². The summed E-state index contributed by atoms with van der Waals surface area (Å²) >= 11 is 0. The average Bonchev–Trinajstić information content (AvgIpc) is 2.85. The number of rotatable bonds is 7. The highest BCUT2D eigenvalue weighted by atomic mass is 16.5. The fourth-order valence-electron chi connectivity index (χ4n) is 4.30. The number of nitrogens with zero attached hydrogens (tertiary/aromatic N) is 2. The SMILES string of the molecule is COc1ccccc1N1CCN(CCCNC(=O)c2cccc3c(=O)c(C)c(C)oc23)CC1. The van der Waals surface area contributed by atoms with Gasteiger partial charge in [-0.3, -0.25) is 14.5 Å². The molecule has 0 aliphatic carbocycles. The van der Waals surface area contributed by atoms with E-state index in [2.05, 4.69) is 21.2 Å². The molecule has 0 saturated carbocycles. The highest BCUT2D eigenvalue weighted by Crippen LogP contribution is 2.28. The topological polar surface area (TPSA) is 75.0 Å². The van der Waals surface area contributed by atoms with Crippen molar-refractivity contribution >= 4 is 22.6 Å². The van der Waals surface area contributed by atoms with Crippen LogP contribution in [0.3, 0.4) is 0 Å². The minimum absolute atomic E-state index is 0.0873. The molecule has 1 fully saturated rings. The maximum atomic E-state index is 12.8. The van der Waals surface area contributed by atoms with Crippen molar-refractivity contribution in [1.29, 1.82) is 0 Å². The summed E-state index contributed by atoms with van der Waals surface area (Å²) in [5, 5.41) is 3.42. The number of methoxy groups -OCH3 is 1. The van der Waals surface area contributed by atoms with Crippen molar-refractivity contribution in [3.63, 3.8) is 0 Å². The Morgan fingerprint density at radius 1 is 1.06 bits per heavy atom. The second-order valence-electron chi connectivity index (χ2n) is 8.40. The van der Waals surface area contributed by atoms with Gasteiger partial charge in [0, 0.05) is 38.3 Å². The summed E-state index contributed by atoms with van der Waals surface area (Å²) in [7, 11) is 1.71. The van der Waals surface area contributed by atoms with Gasteiger partial charge >= 0.3 is 0 Å². The fraction of sp³-hybridized carbons (Fsp3) is 0.385. The van der Waals surface area contributed by atoms with Gasteiger partial charge < -0.3 is 19.4 Å². The number of hydrogen-bond donors (Lipinski definition) is 1. The third-order valence-electron chi connectivity index (χ3n) is 6.36. The van der Waals surface area contributed by atoms with Crippen molar-refractivity contribution in [2.45, 2.75) is 20.3 Å². The Kier molecular flexibility index (Phi) is 6.99. The molecular formula is C26H31N3O4. The van der Waals surface area contributed by atoms with E-state index in [9.17, 15) is 9.59 Å². The molecule has 0 spiro atoms. The van der Waals surface area contributed by atoms with Crippen LogP contribution in [-0.2, 0) is 0 Å². The number of piperazine rings is 1. The van der Waals surface area contributed by atoms with E-state index in [1.165, 1.54) is 0 Å². The lowest BCUT2D eigenvalue weighted by atomic mass is 10.1. The molecule has 0 unspecified atom stereocenters. The van der Waals surface area contributed by atoms with E-state index in [4.69, 9.17) is 9.15 Å². The van der Waals surface area contributed by atoms with Crippen molar-refractivity contribution in [2.24, 2.45) is 0 Å². The van der Waals surface area contributed by atoms with Crippen LogP contribution >= 0.6 is 0 Å². The van der Waals surface area contributed by atoms with Gasteiger partial charge in [-0.25, -0.2) is 0 Å². The zero-order chi connectivity index (χ0) is 23.4. The first kappa shape index (κ1) is 22.9. The van der Waals surface area contributed by atoms with E-state index in [0.717, 1.165) is 50.6 Å². The summed E-state index contributed by atoms with van der Waals surface area (Å²) < 4.78 is 11.3. The lowest BCUT2D eigenvalue weighted by Gasteiger charge is -2.36. The Morgan fingerprint density at radius 2 is 1.82 bits per heavy atom. The number of carbonyl (C=O) groups is 1. The minimum Gasteiger partial charge on any atom is -0.495 e. The molecule has 1 aromatic heterocycles. The van der Waals surface area contributed by atoms with Gasteiger partial charge in [-0.05, 0) is 51.1 Å². The van der Waals surface area contributed by atoms with Crippen molar-refractivity contribution in [3.05, 3.63) is 69.6 Å². The molecule has 0 atom stereocenters. The molecule has 33 heavy (non-hydrogen) atoms. The Bertz CT molecular complexity index is 1200. The summed E-state index contributed by atoms with van der Waals surface area (Å²) in [6.07, 6.45) is 0.854. The van der Waals surface area contributed by atoms with Crippen molar-refractivity contribution < 1.29 is 13.9 Å². The van der Waals surface area contributed by atoms with E-state index in [1.807, 2.05) is 18.2 Å². The van der Waals surface area contributed by atoms with Gasteiger partial charge in [0.05, 0.1) is 23.7 Å². The second kappa shape index (κ2) is 10.1. The molecule has 1 aliphatic rings. The molecule has 2 heterocycles. The molecule has 4 rings (SSSR count). The van der Waals surface area contributed by atoms with Crippen LogP contribution in [0.2, 0.25) is 0 Å². The first-order valence-corrected chi connectivity index (χ1v) is 11.4. The van der Waals surface area contributed by atoms with Crippen LogP contribution in [0.15, 0.2) is 51.7 Å². The molecule has 7 heteroatoms. The number of carbonyl (C=O) groups excluding carboxylic acids is 1. The lowest BCUT2D eigenvalue weighted by molar-refractivity contribution is 0.0952. The van der Waals surface area contributed by atoms with Crippen LogP contribution < -0.4 is 20.4 Å². The molecule has 1 aliphatic heterocycles. The zero-order valence-corrected chi connectivity index (χ0v) is 19.5. The maximum Gasteiger partial charge on any atom is 0.255 e. The van der Waals surface area contributed by atoms with E-state index in [1.54, 1.807) is 39.2 Å². The Labute approximate surface area is 193 Å². The summed E-state index contributed by atoms with van der Waals surface area (Å²) in [4.78, 5) is 30.0. The Morgan fingerprint density at radius 3 is 2.58 bits per heavy atom. The molecule has 0 radical (unpaired) electrons. The number of amides is 1. The standard InChI is InChI=1S/C26H31N3O4/c1-18-19(2)33-25-20(24(18)30)8-6-9-21(25)26(31)27-12-7-13-28-14-16-29(17-15-28)22-10-4-5-11-23(22)32-3/h4-6,8-11H,7,12-17H2,1-3H3,(H,27,31). The first-order chi connectivity index (χ1) is 16.0. The first-order valence-electron chi connectivity index (χ1n) is 11.4. The van der Waals surface area contributed by atoms with Crippen LogP contribution in [-0.4, -0.2) is 57.2 Å². The largest absolute Gasteiger partial charge is 0.495 e. The third kappa shape index (κ3) is 4.88. The summed E-state index contributed by atoms with van der Waals surface area (Å²) in [5.41, 5.74) is 2.38. The van der Waals surface area contributed by atoms with Crippen LogP contribution in [0.1, 0.15) is 28.1 Å². The van der Waals surface area contributed by atoms with Crippen molar-refractivity contribution in [1.82, 2.24) is 10.2 Å². The van der Waals surface area contributed by atoms with E-state index in [0.29, 0.717) is 34.4 Å². The Balaban J connectivity index is 1.28. The highest BCUT2D eigenvalue weighted by Gasteiger charge is 2.20. The highest BCUT2D eigenvalue weighted by molar-refractivity contribution is 6.04. The van der Waals surface area contributed by atoms with Gasteiger partial charge in [-0.2, -0.15) is 0 Å². The quantitative estimate of drug-likeness (QED) is 0.558. The van der Waals surface area contributed by atoms with Crippen molar-refractivity contribution in [3.8, 4) is 5.75 Å². The van der Waals surface area contributed by atoms with Gasteiger partial charge in [0.25, 0.3) is 5.91 Å². The number of nitrogens with one attached hydrogen (secondary N) is 1. The van der Waals surface area contributed by atoms with Crippen LogP contribution in [0.4, 0.5) is 5.69 Å². The minimum atomic E-state index is -0.215. The van der Waals surface area contributed by atoms with Crippen LogP contribution in [0.25, 0.3) is 11.0 Å². The average molecular weight is 450 g/mol. The van der Waals surface area contributed by atoms with E-state index >= 15 is 0 Å². The number of aryl methyl sites for hydroxylation is 1. The predicted octanol–water partition coefficient (Wildman–Crippen LogP) is 3.36. The van der Waals surface area contributed by atoms with Gasteiger partial charge in [0.1, 0.15) is 11.5 Å². The number of fused-ring (bicyclic) bond motifs is 1. The summed E-state index contributed by atoms with van der Waals surface area (Å²) in [6, 6.07) is 13.2. The normalized spacial score (nSPS) is 14.5. The monoisotopic (exact) mass is 449 g/mol. The molecule has 7 nitrogen and oxygen atoms in total. The number of benzene rings is 2. The molecule has 1 saturated heterocycles. The van der Waals surface area contributed by atoms with Gasteiger partial charge in [0.2, 0.25) is 0 Å². The van der Waals surface area contributed by atoms with Gasteiger partial charge in [0.15, 0.2) is 11.0 Å². The summed E-state index contributed by atoms with van der Waals surface area (Å²) in [6.45, 7) is 8.81.